The summed E-state index contributed by atoms with van der Waals surface area (Å²) in [5.41, 5.74) is -0.909. The number of hydrogen-bond donors (Lipinski definition) is 1. The third kappa shape index (κ3) is 5.18. The monoisotopic (exact) mass is 386 g/mol. The van der Waals surface area contributed by atoms with Gasteiger partial charge in [-0.3, -0.25) is 0 Å². The lowest BCUT2D eigenvalue weighted by Gasteiger charge is -2.31. The van der Waals surface area contributed by atoms with Gasteiger partial charge in [0.25, 0.3) is 0 Å². The second kappa shape index (κ2) is 7.83. The SMILES string of the molecule is O=S(=O)(CCCCl)N1CCC(Nc2ncc(C(F)(F)F)cn2)CC1. The normalized spacial score (nSPS) is 17.8. The molecule has 0 radical (unpaired) electrons. The summed E-state index contributed by atoms with van der Waals surface area (Å²) >= 11 is 5.52. The molecule has 2 heterocycles. The Morgan fingerprint density at radius 1 is 1.25 bits per heavy atom. The number of sulfonamides is 1. The van der Waals surface area contributed by atoms with Crippen LogP contribution in [0.5, 0.6) is 0 Å². The number of nitrogens with zero attached hydrogens (tertiary/aromatic N) is 3. The molecular weight excluding hydrogens is 369 g/mol. The zero-order chi connectivity index (χ0) is 17.8. The van der Waals surface area contributed by atoms with E-state index in [9.17, 15) is 21.6 Å². The van der Waals surface area contributed by atoms with Crippen LogP contribution in [0.3, 0.4) is 0 Å². The summed E-state index contributed by atoms with van der Waals surface area (Å²) in [5.74, 6) is 0.422. The van der Waals surface area contributed by atoms with Crippen LogP contribution in [-0.2, 0) is 16.2 Å². The Bertz CT molecular complexity index is 632. The second-order valence-corrected chi connectivity index (χ2v) is 7.94. The van der Waals surface area contributed by atoms with Gasteiger partial charge < -0.3 is 5.32 Å². The first-order valence-electron chi connectivity index (χ1n) is 7.42. The van der Waals surface area contributed by atoms with Crippen molar-refractivity contribution in [3.8, 4) is 0 Å². The first-order valence-corrected chi connectivity index (χ1v) is 9.56. The van der Waals surface area contributed by atoms with E-state index in [0.717, 1.165) is 12.4 Å². The van der Waals surface area contributed by atoms with Gasteiger partial charge in [0, 0.05) is 37.4 Å². The molecule has 2 rings (SSSR count). The van der Waals surface area contributed by atoms with Crippen molar-refractivity contribution >= 4 is 27.6 Å². The lowest BCUT2D eigenvalue weighted by Crippen LogP contribution is -2.43. The number of rotatable bonds is 6. The molecule has 1 aromatic heterocycles. The van der Waals surface area contributed by atoms with Crippen LogP contribution in [0.1, 0.15) is 24.8 Å². The van der Waals surface area contributed by atoms with Crippen LogP contribution >= 0.6 is 11.6 Å². The van der Waals surface area contributed by atoms with Crippen LogP contribution in [-0.4, -0.2) is 53.5 Å². The van der Waals surface area contributed by atoms with Crippen molar-refractivity contribution < 1.29 is 21.6 Å². The van der Waals surface area contributed by atoms with Gasteiger partial charge in [-0.25, -0.2) is 22.7 Å². The van der Waals surface area contributed by atoms with Crippen LogP contribution in [0.4, 0.5) is 19.1 Å². The molecule has 136 valence electrons. The molecule has 0 aromatic carbocycles. The fourth-order valence-corrected chi connectivity index (χ4v) is 4.20. The van der Waals surface area contributed by atoms with E-state index in [2.05, 4.69) is 15.3 Å². The molecule has 0 amide bonds. The molecule has 0 aliphatic carbocycles. The molecule has 0 bridgehead atoms. The molecule has 1 aromatic rings. The molecule has 1 saturated heterocycles. The highest BCUT2D eigenvalue weighted by Gasteiger charge is 2.32. The summed E-state index contributed by atoms with van der Waals surface area (Å²) in [4.78, 5) is 7.32. The van der Waals surface area contributed by atoms with E-state index in [1.165, 1.54) is 4.31 Å². The summed E-state index contributed by atoms with van der Waals surface area (Å²) in [5, 5.41) is 2.94. The van der Waals surface area contributed by atoms with E-state index in [1.54, 1.807) is 0 Å². The largest absolute Gasteiger partial charge is 0.419 e. The number of halogens is 4. The van der Waals surface area contributed by atoms with Crippen LogP contribution in [0.25, 0.3) is 0 Å². The quantitative estimate of drug-likeness (QED) is 0.759. The third-order valence-electron chi connectivity index (χ3n) is 3.70. The van der Waals surface area contributed by atoms with E-state index in [0.29, 0.717) is 38.2 Å². The van der Waals surface area contributed by atoms with Gasteiger partial charge in [0.15, 0.2) is 0 Å². The average molecular weight is 387 g/mol. The van der Waals surface area contributed by atoms with Gasteiger partial charge in [-0.1, -0.05) is 0 Å². The highest BCUT2D eigenvalue weighted by molar-refractivity contribution is 7.89. The maximum atomic E-state index is 12.5. The van der Waals surface area contributed by atoms with Crippen molar-refractivity contribution in [2.24, 2.45) is 0 Å². The van der Waals surface area contributed by atoms with Crippen LogP contribution < -0.4 is 5.32 Å². The number of nitrogens with one attached hydrogen (secondary N) is 1. The Morgan fingerprint density at radius 3 is 2.33 bits per heavy atom. The number of hydrogen-bond acceptors (Lipinski definition) is 5. The third-order valence-corrected chi connectivity index (χ3v) is 5.92. The predicted molar refractivity (Wildman–Crippen MR) is 84.4 cm³/mol. The Morgan fingerprint density at radius 2 is 1.83 bits per heavy atom. The highest BCUT2D eigenvalue weighted by Crippen LogP contribution is 2.28. The highest BCUT2D eigenvalue weighted by atomic mass is 35.5. The number of anilines is 1. The van der Waals surface area contributed by atoms with Crippen LogP contribution in [0.15, 0.2) is 12.4 Å². The van der Waals surface area contributed by atoms with E-state index >= 15 is 0 Å². The summed E-state index contributed by atoms with van der Waals surface area (Å²) in [6.45, 7) is 0.700. The second-order valence-electron chi connectivity index (χ2n) is 5.47. The Kier molecular flexibility index (Phi) is 6.27. The van der Waals surface area contributed by atoms with Gasteiger partial charge in [-0.05, 0) is 19.3 Å². The Hall–Kier alpha value is -1.13. The minimum atomic E-state index is -4.47. The Labute approximate surface area is 143 Å². The van der Waals surface area contributed by atoms with E-state index in [1.807, 2.05) is 0 Å². The predicted octanol–water partition coefficient (Wildman–Crippen LogP) is 2.33. The maximum Gasteiger partial charge on any atom is 0.419 e. The molecule has 1 fully saturated rings. The molecule has 11 heteroatoms. The minimum absolute atomic E-state index is 0.0244. The van der Waals surface area contributed by atoms with Gasteiger partial charge in [0.2, 0.25) is 16.0 Å². The van der Waals surface area contributed by atoms with Crippen molar-refractivity contribution in [2.45, 2.75) is 31.5 Å². The first-order chi connectivity index (χ1) is 11.2. The molecule has 0 saturated carbocycles. The van der Waals surface area contributed by atoms with E-state index in [-0.39, 0.29) is 17.7 Å². The Balaban J connectivity index is 1.87. The number of aromatic nitrogens is 2. The van der Waals surface area contributed by atoms with Gasteiger partial charge in [0.05, 0.1) is 11.3 Å². The van der Waals surface area contributed by atoms with Gasteiger partial charge in [-0.15, -0.1) is 11.6 Å². The molecule has 1 aliphatic heterocycles. The molecule has 24 heavy (non-hydrogen) atoms. The van der Waals surface area contributed by atoms with Gasteiger partial charge in [0.1, 0.15) is 0 Å². The van der Waals surface area contributed by atoms with Gasteiger partial charge >= 0.3 is 6.18 Å². The zero-order valence-electron chi connectivity index (χ0n) is 12.8. The fraction of sp³-hybridized carbons (Fsp3) is 0.692. The molecule has 0 spiro atoms. The smallest absolute Gasteiger partial charge is 0.351 e. The van der Waals surface area contributed by atoms with Crippen molar-refractivity contribution in [1.82, 2.24) is 14.3 Å². The molecule has 1 aliphatic rings. The topological polar surface area (TPSA) is 75.2 Å². The van der Waals surface area contributed by atoms with Gasteiger partial charge in [-0.2, -0.15) is 13.2 Å². The van der Waals surface area contributed by atoms with Crippen molar-refractivity contribution in [3.63, 3.8) is 0 Å². The van der Waals surface area contributed by atoms with Crippen molar-refractivity contribution in [2.75, 3.05) is 30.0 Å². The molecule has 1 N–H and O–H groups in total. The molecule has 6 nitrogen and oxygen atoms in total. The lowest BCUT2D eigenvalue weighted by atomic mass is 10.1. The van der Waals surface area contributed by atoms with Crippen molar-refractivity contribution in [3.05, 3.63) is 18.0 Å². The van der Waals surface area contributed by atoms with Crippen molar-refractivity contribution in [1.29, 1.82) is 0 Å². The van der Waals surface area contributed by atoms with E-state index < -0.39 is 21.8 Å². The van der Waals surface area contributed by atoms with E-state index in [4.69, 9.17) is 11.6 Å². The maximum absolute atomic E-state index is 12.5. The average Bonchev–Trinajstić information content (AvgIpc) is 2.53. The van der Waals surface area contributed by atoms with Crippen LogP contribution in [0, 0.1) is 0 Å². The van der Waals surface area contributed by atoms with Crippen LogP contribution in [0.2, 0.25) is 0 Å². The summed E-state index contributed by atoms with van der Waals surface area (Å²) < 4.78 is 62.9. The summed E-state index contributed by atoms with van der Waals surface area (Å²) in [7, 11) is -3.30. The lowest BCUT2D eigenvalue weighted by molar-refractivity contribution is -0.138. The standard InChI is InChI=1S/C13H18ClF3N4O2S/c14-4-1-7-24(22,23)21-5-2-11(3-6-21)20-12-18-8-10(9-19-12)13(15,16)17/h8-9,11H,1-7H2,(H,18,19,20). The molecule has 0 unspecified atom stereocenters. The summed E-state index contributed by atoms with van der Waals surface area (Å²) in [6, 6.07) is -0.0822. The number of alkyl halides is 4. The zero-order valence-corrected chi connectivity index (χ0v) is 14.3. The first kappa shape index (κ1) is 19.2. The minimum Gasteiger partial charge on any atom is -0.351 e. The summed E-state index contributed by atoms with van der Waals surface area (Å²) in [6.07, 6.45) is -1.56. The molecule has 0 atom stereocenters. The molecular formula is C13H18ClF3N4O2S. The fourth-order valence-electron chi connectivity index (χ4n) is 2.38. The number of piperidine rings is 1.